The van der Waals surface area contributed by atoms with Gasteiger partial charge in [0, 0.05) is 5.69 Å². The highest BCUT2D eigenvalue weighted by Crippen LogP contribution is 2.20. The van der Waals surface area contributed by atoms with Crippen molar-refractivity contribution in [1.82, 2.24) is 0 Å². The van der Waals surface area contributed by atoms with Gasteiger partial charge in [0.2, 0.25) is 0 Å². The highest BCUT2D eigenvalue weighted by Gasteiger charge is 2.11. The van der Waals surface area contributed by atoms with Crippen LogP contribution in [0.3, 0.4) is 0 Å². The Kier molecular flexibility index (Phi) is 3.48. The summed E-state index contributed by atoms with van der Waals surface area (Å²) in [6.07, 6.45) is 0. The fraction of sp³-hybridized carbons (Fsp3) is 0. The van der Waals surface area contributed by atoms with Crippen LogP contribution in [-0.4, -0.2) is 5.91 Å². The smallest absolute Gasteiger partial charge is 0.257 e. The first kappa shape index (κ1) is 12.4. The van der Waals surface area contributed by atoms with Crippen LogP contribution in [-0.2, 0) is 0 Å². The van der Waals surface area contributed by atoms with E-state index < -0.39 is 11.7 Å². The molecule has 0 aliphatic carbocycles. The molecule has 0 atom stereocenters. The zero-order valence-corrected chi connectivity index (χ0v) is 10.0. The van der Waals surface area contributed by atoms with E-state index in [9.17, 15) is 9.18 Å². The first-order chi connectivity index (χ1) is 8.58. The number of amides is 1. The molecule has 0 saturated carbocycles. The molecule has 5 heteroatoms. The molecule has 0 fully saturated rings. The van der Waals surface area contributed by atoms with Crippen LogP contribution in [0.25, 0.3) is 0 Å². The predicted molar refractivity (Wildman–Crippen MR) is 70.2 cm³/mol. The molecule has 2 rings (SSSR count). The average molecular weight is 265 g/mol. The molecular weight excluding hydrogens is 255 g/mol. The predicted octanol–water partition coefficient (Wildman–Crippen LogP) is 3.31. The van der Waals surface area contributed by atoms with Gasteiger partial charge in [-0.3, -0.25) is 4.79 Å². The zero-order chi connectivity index (χ0) is 13.1. The van der Waals surface area contributed by atoms with Crippen molar-refractivity contribution in [3.05, 3.63) is 58.9 Å². The molecule has 0 radical (unpaired) electrons. The van der Waals surface area contributed by atoms with Gasteiger partial charge in [-0.25, -0.2) is 4.39 Å². The second-order valence-corrected chi connectivity index (χ2v) is 4.08. The minimum atomic E-state index is -0.588. The first-order valence-corrected chi connectivity index (χ1v) is 5.56. The van der Waals surface area contributed by atoms with Crippen LogP contribution in [0.1, 0.15) is 10.4 Å². The van der Waals surface area contributed by atoms with Crippen molar-refractivity contribution < 1.29 is 9.18 Å². The third kappa shape index (κ3) is 2.60. The summed E-state index contributed by atoms with van der Waals surface area (Å²) in [5, 5.41) is 2.75. The maximum absolute atomic E-state index is 13.5. The molecule has 0 heterocycles. The van der Waals surface area contributed by atoms with E-state index in [2.05, 4.69) is 5.32 Å². The van der Waals surface area contributed by atoms with E-state index in [1.165, 1.54) is 12.1 Å². The fourth-order valence-electron chi connectivity index (χ4n) is 1.47. The molecule has 0 spiro atoms. The van der Waals surface area contributed by atoms with Gasteiger partial charge in [0.25, 0.3) is 5.91 Å². The molecule has 1 amide bonds. The summed E-state index contributed by atoms with van der Waals surface area (Å²) >= 11 is 5.88. The quantitative estimate of drug-likeness (QED) is 0.818. The lowest BCUT2D eigenvalue weighted by atomic mass is 10.2. The second-order valence-electron chi connectivity index (χ2n) is 3.67. The van der Waals surface area contributed by atoms with Crippen LogP contribution in [0.5, 0.6) is 0 Å². The lowest BCUT2D eigenvalue weighted by molar-refractivity contribution is 0.102. The molecule has 0 aliphatic heterocycles. The summed E-state index contributed by atoms with van der Waals surface area (Å²) in [5.74, 6) is -1.06. The Morgan fingerprint density at radius 1 is 1.22 bits per heavy atom. The summed E-state index contributed by atoms with van der Waals surface area (Å²) < 4.78 is 13.5. The van der Waals surface area contributed by atoms with Crippen LogP contribution in [0.4, 0.5) is 15.8 Å². The van der Waals surface area contributed by atoms with Crippen molar-refractivity contribution in [2.45, 2.75) is 0 Å². The monoisotopic (exact) mass is 264 g/mol. The van der Waals surface area contributed by atoms with Crippen LogP contribution >= 0.6 is 11.6 Å². The molecule has 2 aromatic carbocycles. The van der Waals surface area contributed by atoms with Gasteiger partial charge in [-0.1, -0.05) is 23.7 Å². The number of rotatable bonds is 2. The normalized spacial score (nSPS) is 10.1. The molecule has 2 aromatic rings. The second kappa shape index (κ2) is 5.06. The number of carbonyl (C=O) groups excluding carboxylic acids is 1. The summed E-state index contributed by atoms with van der Waals surface area (Å²) in [6.45, 7) is 0. The van der Waals surface area contributed by atoms with Gasteiger partial charge < -0.3 is 11.1 Å². The third-order valence-corrected chi connectivity index (χ3v) is 2.69. The Labute approximate surface area is 108 Å². The average Bonchev–Trinajstić information content (AvgIpc) is 2.33. The van der Waals surface area contributed by atoms with E-state index in [4.69, 9.17) is 17.3 Å². The molecular formula is C13H10ClFN2O. The van der Waals surface area contributed by atoms with E-state index in [1.54, 1.807) is 24.3 Å². The SMILES string of the molecule is Nc1ccc(NC(=O)c2ccccc2Cl)c(F)c1. The van der Waals surface area contributed by atoms with Gasteiger partial charge in [-0.15, -0.1) is 0 Å². The van der Waals surface area contributed by atoms with Gasteiger partial charge >= 0.3 is 0 Å². The van der Waals surface area contributed by atoms with E-state index in [-0.39, 0.29) is 11.3 Å². The van der Waals surface area contributed by atoms with Crippen molar-refractivity contribution in [1.29, 1.82) is 0 Å². The zero-order valence-electron chi connectivity index (χ0n) is 9.28. The number of anilines is 2. The van der Waals surface area contributed by atoms with Crippen molar-refractivity contribution in [2.75, 3.05) is 11.1 Å². The van der Waals surface area contributed by atoms with Crippen molar-refractivity contribution >= 4 is 28.9 Å². The van der Waals surface area contributed by atoms with Gasteiger partial charge in [0.05, 0.1) is 16.3 Å². The van der Waals surface area contributed by atoms with Gasteiger partial charge in [-0.2, -0.15) is 0 Å². The Morgan fingerprint density at radius 2 is 1.94 bits per heavy atom. The highest BCUT2D eigenvalue weighted by molar-refractivity contribution is 6.34. The fourth-order valence-corrected chi connectivity index (χ4v) is 1.69. The first-order valence-electron chi connectivity index (χ1n) is 5.19. The molecule has 0 saturated heterocycles. The lowest BCUT2D eigenvalue weighted by Crippen LogP contribution is -2.13. The highest BCUT2D eigenvalue weighted by atomic mass is 35.5. The van der Waals surface area contributed by atoms with Gasteiger partial charge in [0.15, 0.2) is 0 Å². The Bertz CT molecular complexity index is 601. The number of benzene rings is 2. The number of carbonyl (C=O) groups is 1. The summed E-state index contributed by atoms with van der Waals surface area (Å²) in [4.78, 5) is 11.9. The van der Waals surface area contributed by atoms with Gasteiger partial charge in [0.1, 0.15) is 5.82 Å². The Hall–Kier alpha value is -2.07. The van der Waals surface area contributed by atoms with E-state index in [0.717, 1.165) is 6.07 Å². The standard InChI is InChI=1S/C13H10ClFN2O/c14-10-4-2-1-3-9(10)13(18)17-12-6-5-8(16)7-11(12)15/h1-7H,16H2,(H,17,18). The Balaban J connectivity index is 2.24. The molecule has 3 N–H and O–H groups in total. The lowest BCUT2D eigenvalue weighted by Gasteiger charge is -2.08. The summed E-state index contributed by atoms with van der Waals surface area (Å²) in [5.41, 5.74) is 6.07. The van der Waals surface area contributed by atoms with Crippen LogP contribution < -0.4 is 11.1 Å². The maximum Gasteiger partial charge on any atom is 0.257 e. The van der Waals surface area contributed by atoms with E-state index in [0.29, 0.717) is 10.7 Å². The van der Waals surface area contributed by atoms with E-state index in [1.807, 2.05) is 0 Å². The minimum Gasteiger partial charge on any atom is -0.399 e. The van der Waals surface area contributed by atoms with E-state index >= 15 is 0 Å². The van der Waals surface area contributed by atoms with Crippen LogP contribution in [0.2, 0.25) is 5.02 Å². The number of nitrogens with two attached hydrogens (primary N) is 1. The molecule has 0 aliphatic rings. The number of nitrogen functional groups attached to an aromatic ring is 1. The maximum atomic E-state index is 13.5. The summed E-state index contributed by atoms with van der Waals surface area (Å²) in [6, 6.07) is 10.6. The minimum absolute atomic E-state index is 0.0640. The number of halogens is 2. The van der Waals surface area contributed by atoms with Crippen LogP contribution in [0, 0.1) is 5.82 Å². The van der Waals surface area contributed by atoms with Crippen molar-refractivity contribution in [3.8, 4) is 0 Å². The summed E-state index contributed by atoms with van der Waals surface area (Å²) in [7, 11) is 0. The van der Waals surface area contributed by atoms with Gasteiger partial charge in [-0.05, 0) is 30.3 Å². The largest absolute Gasteiger partial charge is 0.399 e. The molecule has 92 valence electrons. The molecule has 18 heavy (non-hydrogen) atoms. The molecule has 3 nitrogen and oxygen atoms in total. The topological polar surface area (TPSA) is 55.1 Å². The molecule has 0 bridgehead atoms. The van der Waals surface area contributed by atoms with Crippen molar-refractivity contribution in [3.63, 3.8) is 0 Å². The third-order valence-electron chi connectivity index (χ3n) is 2.36. The molecule has 0 aromatic heterocycles. The number of hydrogen-bond acceptors (Lipinski definition) is 2. The van der Waals surface area contributed by atoms with Crippen molar-refractivity contribution in [2.24, 2.45) is 0 Å². The number of nitrogens with one attached hydrogen (secondary N) is 1. The Morgan fingerprint density at radius 3 is 2.61 bits per heavy atom. The number of hydrogen-bond donors (Lipinski definition) is 2. The van der Waals surface area contributed by atoms with Crippen LogP contribution in [0.15, 0.2) is 42.5 Å². The molecule has 0 unspecified atom stereocenters.